The summed E-state index contributed by atoms with van der Waals surface area (Å²) in [5.41, 5.74) is 0.0864. The van der Waals surface area contributed by atoms with E-state index in [4.69, 9.17) is 9.73 Å². The monoisotopic (exact) mass is 266 g/mol. The molecule has 0 aromatic carbocycles. The molecule has 0 radical (unpaired) electrons. The first-order valence-corrected chi connectivity index (χ1v) is 6.71. The molecule has 0 saturated carbocycles. The first kappa shape index (κ1) is 15.7. The predicted molar refractivity (Wildman–Crippen MR) is 78.3 cm³/mol. The minimum atomic E-state index is -0.152. The Kier molecular flexibility index (Phi) is 4.43. The van der Waals surface area contributed by atoms with Crippen LogP contribution in [-0.4, -0.2) is 23.1 Å². The van der Waals surface area contributed by atoms with Gasteiger partial charge in [-0.2, -0.15) is 0 Å². The minimum Gasteiger partial charge on any atom is -0.475 e. The third kappa shape index (κ3) is 4.37. The number of aliphatic imine (C=N–C) groups is 1. The van der Waals surface area contributed by atoms with Crippen LogP contribution in [0.1, 0.15) is 46.9 Å². The lowest BCUT2D eigenvalue weighted by molar-refractivity contribution is -0.672. The summed E-state index contributed by atoms with van der Waals surface area (Å²) in [6.07, 6.45) is 5.00. The maximum Gasteiger partial charge on any atom is 0.344 e. The van der Waals surface area contributed by atoms with Crippen LogP contribution < -0.4 is 4.57 Å². The van der Waals surface area contributed by atoms with Gasteiger partial charge >= 0.3 is 11.7 Å². The zero-order valence-electron chi connectivity index (χ0n) is 13.6. The number of imidazole rings is 1. The molecule has 0 saturated heterocycles. The van der Waals surface area contributed by atoms with E-state index in [1.807, 2.05) is 35.6 Å². The molecule has 4 nitrogen and oxygen atoms in total. The summed E-state index contributed by atoms with van der Waals surface area (Å²) in [6, 6.07) is 0. The normalized spacial score (nSPS) is 13.8. The molecule has 1 heterocycles. The van der Waals surface area contributed by atoms with Gasteiger partial charge in [-0.05, 0) is 25.7 Å². The van der Waals surface area contributed by atoms with Crippen molar-refractivity contribution in [3.8, 4) is 0 Å². The highest BCUT2D eigenvalue weighted by Crippen LogP contribution is 2.29. The fraction of sp³-hybridized carbons (Fsp3) is 0.733. The van der Waals surface area contributed by atoms with Gasteiger partial charge in [0, 0.05) is 0 Å². The van der Waals surface area contributed by atoms with E-state index < -0.39 is 0 Å². The number of aryl methyl sites for hydroxylation is 2. The standard InChI is InChI=1S/C15H28N3O/c1-14(2,3)11-15(4,5)16-12(19-8)13-17(6)9-10-18(13)7/h9-10H,11H2,1-8H3/q+1. The van der Waals surface area contributed by atoms with Crippen molar-refractivity contribution in [1.82, 2.24) is 4.57 Å². The first-order valence-electron chi connectivity index (χ1n) is 6.71. The number of methoxy groups -OCH3 is 1. The van der Waals surface area contributed by atoms with Crippen molar-refractivity contribution in [3.63, 3.8) is 0 Å². The van der Waals surface area contributed by atoms with Crippen LogP contribution in [0, 0.1) is 5.41 Å². The Morgan fingerprint density at radius 3 is 2.26 bits per heavy atom. The zero-order valence-corrected chi connectivity index (χ0v) is 13.6. The van der Waals surface area contributed by atoms with E-state index in [-0.39, 0.29) is 11.0 Å². The van der Waals surface area contributed by atoms with Crippen LogP contribution in [0.25, 0.3) is 0 Å². The van der Waals surface area contributed by atoms with Crippen LogP contribution in [0.4, 0.5) is 0 Å². The van der Waals surface area contributed by atoms with Crippen LogP contribution in [0.15, 0.2) is 17.4 Å². The van der Waals surface area contributed by atoms with Gasteiger partial charge in [-0.15, -0.1) is 0 Å². The molecule has 4 heteroatoms. The van der Waals surface area contributed by atoms with E-state index in [9.17, 15) is 0 Å². The maximum absolute atomic E-state index is 5.52. The summed E-state index contributed by atoms with van der Waals surface area (Å²) in [7, 11) is 5.68. The van der Waals surface area contributed by atoms with Gasteiger partial charge in [-0.3, -0.25) is 0 Å². The molecule has 0 amide bonds. The van der Waals surface area contributed by atoms with Gasteiger partial charge in [-0.25, -0.2) is 14.1 Å². The average molecular weight is 266 g/mol. The lowest BCUT2D eigenvalue weighted by atomic mass is 9.82. The van der Waals surface area contributed by atoms with Gasteiger partial charge in [0.05, 0.1) is 26.7 Å². The molecule has 0 spiro atoms. The first-order chi connectivity index (χ1) is 8.56. The van der Waals surface area contributed by atoms with Crippen molar-refractivity contribution in [3.05, 3.63) is 18.2 Å². The molecule has 0 unspecified atom stereocenters. The van der Waals surface area contributed by atoms with Crippen molar-refractivity contribution in [2.24, 2.45) is 24.5 Å². The fourth-order valence-electron chi connectivity index (χ4n) is 2.69. The molecule has 1 aromatic heterocycles. The number of hydrogen-bond acceptors (Lipinski definition) is 2. The van der Waals surface area contributed by atoms with Crippen LogP contribution in [-0.2, 0) is 18.8 Å². The van der Waals surface area contributed by atoms with Gasteiger partial charge in [0.1, 0.15) is 12.4 Å². The number of rotatable bonds is 3. The fourth-order valence-corrected chi connectivity index (χ4v) is 2.69. The van der Waals surface area contributed by atoms with Crippen molar-refractivity contribution in [1.29, 1.82) is 0 Å². The summed E-state index contributed by atoms with van der Waals surface area (Å²) >= 11 is 0. The average Bonchev–Trinajstić information content (AvgIpc) is 2.52. The number of nitrogens with zero attached hydrogens (tertiary/aromatic N) is 3. The molecule has 108 valence electrons. The van der Waals surface area contributed by atoms with E-state index in [0.717, 1.165) is 12.2 Å². The number of ether oxygens (including phenoxy) is 1. The largest absolute Gasteiger partial charge is 0.475 e. The minimum absolute atomic E-state index is 0.152. The van der Waals surface area contributed by atoms with E-state index in [1.54, 1.807) is 7.11 Å². The van der Waals surface area contributed by atoms with Crippen LogP contribution in [0.2, 0.25) is 0 Å². The van der Waals surface area contributed by atoms with Crippen LogP contribution in [0.5, 0.6) is 0 Å². The topological polar surface area (TPSA) is 30.4 Å². The van der Waals surface area contributed by atoms with Gasteiger partial charge < -0.3 is 4.74 Å². The second-order valence-electron chi connectivity index (χ2n) is 7.01. The molecule has 0 atom stereocenters. The summed E-state index contributed by atoms with van der Waals surface area (Å²) < 4.78 is 9.56. The SMILES string of the molecule is COC(=NC(C)(C)CC(C)(C)C)c1n(C)cc[n+]1C. The number of hydrogen-bond donors (Lipinski definition) is 0. The van der Waals surface area contributed by atoms with Crippen LogP contribution >= 0.6 is 0 Å². The third-order valence-corrected chi connectivity index (χ3v) is 2.93. The zero-order chi connectivity index (χ0) is 14.8. The summed E-state index contributed by atoms with van der Waals surface area (Å²) in [4.78, 5) is 4.83. The van der Waals surface area contributed by atoms with Crippen molar-refractivity contribution >= 4 is 5.90 Å². The quantitative estimate of drug-likeness (QED) is 0.469. The predicted octanol–water partition coefficient (Wildman–Crippen LogP) is 2.46. The Bertz CT molecular complexity index is 445. The highest BCUT2D eigenvalue weighted by molar-refractivity contribution is 5.89. The molecule has 19 heavy (non-hydrogen) atoms. The molecule has 0 aliphatic heterocycles. The molecule has 0 bridgehead atoms. The molecule has 1 aromatic rings. The summed E-state index contributed by atoms with van der Waals surface area (Å²) in [6.45, 7) is 11.0. The Labute approximate surface area is 117 Å². The lowest BCUT2D eigenvalue weighted by Crippen LogP contribution is -2.37. The highest BCUT2D eigenvalue weighted by atomic mass is 16.5. The Hall–Kier alpha value is -1.32. The summed E-state index contributed by atoms with van der Waals surface area (Å²) in [5.74, 6) is 1.66. The van der Waals surface area contributed by atoms with Crippen molar-refractivity contribution in [2.45, 2.75) is 46.6 Å². The Morgan fingerprint density at radius 1 is 1.32 bits per heavy atom. The van der Waals surface area contributed by atoms with Crippen molar-refractivity contribution < 1.29 is 9.30 Å². The van der Waals surface area contributed by atoms with E-state index >= 15 is 0 Å². The van der Waals surface area contributed by atoms with Gasteiger partial charge in [-0.1, -0.05) is 20.8 Å². The third-order valence-electron chi connectivity index (χ3n) is 2.93. The van der Waals surface area contributed by atoms with E-state index in [2.05, 4.69) is 34.6 Å². The second-order valence-corrected chi connectivity index (χ2v) is 7.01. The molecule has 0 N–H and O–H groups in total. The molecule has 0 aliphatic rings. The molecule has 0 fully saturated rings. The molecular weight excluding hydrogens is 238 g/mol. The highest BCUT2D eigenvalue weighted by Gasteiger charge is 2.29. The molecule has 0 aliphatic carbocycles. The summed E-state index contributed by atoms with van der Waals surface area (Å²) in [5, 5.41) is 0. The van der Waals surface area contributed by atoms with Gasteiger partial charge in [0.2, 0.25) is 0 Å². The Balaban J connectivity index is 3.13. The second kappa shape index (κ2) is 5.35. The van der Waals surface area contributed by atoms with Crippen molar-refractivity contribution in [2.75, 3.05) is 7.11 Å². The van der Waals surface area contributed by atoms with Crippen LogP contribution in [0.3, 0.4) is 0 Å². The molecular formula is C15H28N3O+. The van der Waals surface area contributed by atoms with Gasteiger partial charge in [0.15, 0.2) is 0 Å². The number of aromatic nitrogens is 2. The molecule has 1 rings (SSSR count). The Morgan fingerprint density at radius 2 is 1.89 bits per heavy atom. The lowest BCUT2D eigenvalue weighted by Gasteiger charge is -2.29. The smallest absolute Gasteiger partial charge is 0.344 e. The van der Waals surface area contributed by atoms with Gasteiger partial charge in [0.25, 0.3) is 0 Å². The van der Waals surface area contributed by atoms with E-state index in [0.29, 0.717) is 5.90 Å². The van der Waals surface area contributed by atoms with E-state index in [1.165, 1.54) is 0 Å². The maximum atomic E-state index is 5.52.